The van der Waals surface area contributed by atoms with Gasteiger partial charge in [0.2, 0.25) is 5.91 Å². The zero-order chi connectivity index (χ0) is 10.1. The molecule has 0 radical (unpaired) electrons. The number of hydrogen-bond donors (Lipinski definition) is 1. The second kappa shape index (κ2) is 3.68. The summed E-state index contributed by atoms with van der Waals surface area (Å²) in [6, 6.07) is 0. The van der Waals surface area contributed by atoms with E-state index in [2.05, 4.69) is 32.7 Å². The van der Waals surface area contributed by atoms with Gasteiger partial charge in [0.05, 0.1) is 0 Å². The van der Waals surface area contributed by atoms with Crippen LogP contribution >= 0.6 is 22.6 Å². The van der Waals surface area contributed by atoms with Crippen molar-refractivity contribution in [3.8, 4) is 0 Å². The molecule has 0 unspecified atom stereocenters. The van der Waals surface area contributed by atoms with E-state index in [1.807, 2.05) is 6.21 Å². The molecule has 1 aromatic heterocycles. The first-order chi connectivity index (χ1) is 6.68. The summed E-state index contributed by atoms with van der Waals surface area (Å²) in [5, 5.41) is 4.22. The standard InChI is InChI=1S/C8H9IN4O/c9-7-5-2-1-3-11-8(5)13(12-7)4-6(10)14/h3H,1-2,4H2,(H2,10,14). The Morgan fingerprint density at radius 1 is 1.71 bits per heavy atom. The summed E-state index contributed by atoms with van der Waals surface area (Å²) in [5.41, 5.74) is 6.23. The highest BCUT2D eigenvalue weighted by Crippen LogP contribution is 2.27. The molecule has 0 saturated heterocycles. The van der Waals surface area contributed by atoms with Crippen molar-refractivity contribution in [2.24, 2.45) is 10.7 Å². The summed E-state index contributed by atoms with van der Waals surface area (Å²) >= 11 is 2.15. The maximum Gasteiger partial charge on any atom is 0.239 e. The zero-order valence-corrected chi connectivity index (χ0v) is 9.56. The zero-order valence-electron chi connectivity index (χ0n) is 7.40. The fraction of sp³-hybridized carbons (Fsp3) is 0.375. The summed E-state index contributed by atoms with van der Waals surface area (Å²) in [7, 11) is 0. The third-order valence-electron chi connectivity index (χ3n) is 2.01. The molecule has 74 valence electrons. The second-order valence-electron chi connectivity index (χ2n) is 3.07. The van der Waals surface area contributed by atoms with E-state index < -0.39 is 5.91 Å². The lowest BCUT2D eigenvalue weighted by Gasteiger charge is -2.06. The summed E-state index contributed by atoms with van der Waals surface area (Å²) in [6.07, 6.45) is 3.72. The maximum absolute atomic E-state index is 10.8. The molecule has 6 heteroatoms. The Balaban J connectivity index is 2.43. The lowest BCUT2D eigenvalue weighted by Crippen LogP contribution is -2.19. The summed E-state index contributed by atoms with van der Waals surface area (Å²) < 4.78 is 2.48. The van der Waals surface area contributed by atoms with E-state index in [4.69, 9.17) is 5.73 Å². The highest BCUT2D eigenvalue weighted by Gasteiger charge is 2.17. The van der Waals surface area contributed by atoms with Gasteiger partial charge in [-0.15, -0.1) is 0 Å². The van der Waals surface area contributed by atoms with E-state index in [-0.39, 0.29) is 6.54 Å². The van der Waals surface area contributed by atoms with E-state index in [1.165, 1.54) is 0 Å². The molecule has 0 bridgehead atoms. The Bertz CT molecular complexity index is 410. The van der Waals surface area contributed by atoms with Crippen LogP contribution in [0, 0.1) is 3.70 Å². The normalized spacial score (nSPS) is 14.1. The van der Waals surface area contributed by atoms with Gasteiger partial charge in [0.25, 0.3) is 0 Å². The highest BCUT2D eigenvalue weighted by molar-refractivity contribution is 14.1. The number of nitrogens with zero attached hydrogens (tertiary/aromatic N) is 3. The molecule has 0 spiro atoms. The number of aromatic nitrogens is 2. The van der Waals surface area contributed by atoms with Crippen molar-refractivity contribution in [1.82, 2.24) is 9.78 Å². The van der Waals surface area contributed by atoms with Crippen molar-refractivity contribution in [2.45, 2.75) is 19.4 Å². The van der Waals surface area contributed by atoms with Crippen LogP contribution in [0.25, 0.3) is 0 Å². The Morgan fingerprint density at radius 2 is 2.50 bits per heavy atom. The minimum atomic E-state index is -0.396. The van der Waals surface area contributed by atoms with E-state index in [0.717, 1.165) is 27.9 Å². The van der Waals surface area contributed by atoms with Gasteiger partial charge < -0.3 is 5.73 Å². The monoisotopic (exact) mass is 304 g/mol. The molecule has 1 aromatic rings. The molecule has 5 nitrogen and oxygen atoms in total. The molecule has 14 heavy (non-hydrogen) atoms. The van der Waals surface area contributed by atoms with Gasteiger partial charge in [0, 0.05) is 11.8 Å². The van der Waals surface area contributed by atoms with Crippen molar-refractivity contribution in [3.63, 3.8) is 0 Å². The number of hydrogen-bond acceptors (Lipinski definition) is 3. The number of rotatable bonds is 2. The Hall–Kier alpha value is -0.920. The topological polar surface area (TPSA) is 73.3 Å². The molecule has 0 aromatic carbocycles. The van der Waals surface area contributed by atoms with Crippen molar-refractivity contribution < 1.29 is 4.79 Å². The van der Waals surface area contributed by atoms with Gasteiger partial charge in [0.1, 0.15) is 10.2 Å². The number of amides is 1. The van der Waals surface area contributed by atoms with Gasteiger partial charge >= 0.3 is 0 Å². The second-order valence-corrected chi connectivity index (χ2v) is 4.09. The summed E-state index contributed by atoms with van der Waals surface area (Å²) in [5.74, 6) is 0.381. The third kappa shape index (κ3) is 1.66. The number of aliphatic imine (C=N–C) groups is 1. The Morgan fingerprint density at radius 3 is 3.21 bits per heavy atom. The van der Waals surface area contributed by atoms with Crippen LogP contribution in [0.1, 0.15) is 12.0 Å². The van der Waals surface area contributed by atoms with Gasteiger partial charge in [-0.3, -0.25) is 4.79 Å². The first kappa shape index (κ1) is 9.63. The smallest absolute Gasteiger partial charge is 0.239 e. The first-order valence-corrected chi connectivity index (χ1v) is 5.32. The van der Waals surface area contributed by atoms with E-state index >= 15 is 0 Å². The number of primary amides is 1. The molecular weight excluding hydrogens is 295 g/mol. The molecule has 1 aliphatic rings. The number of carbonyl (C=O) groups excluding carboxylic acids is 1. The van der Waals surface area contributed by atoms with Gasteiger partial charge in [-0.2, -0.15) is 5.10 Å². The fourth-order valence-electron chi connectivity index (χ4n) is 1.44. The SMILES string of the molecule is NC(=O)Cn1nc(I)c2c1N=CCC2. The molecule has 2 N–H and O–H groups in total. The van der Waals surface area contributed by atoms with Crippen molar-refractivity contribution in [2.75, 3.05) is 0 Å². The predicted octanol–water partition coefficient (Wildman–Crippen LogP) is 0.621. The van der Waals surface area contributed by atoms with Gasteiger partial charge in [-0.1, -0.05) is 0 Å². The van der Waals surface area contributed by atoms with Crippen LogP contribution in [0.15, 0.2) is 4.99 Å². The van der Waals surface area contributed by atoms with Crippen molar-refractivity contribution in [3.05, 3.63) is 9.26 Å². The maximum atomic E-state index is 10.8. The fourth-order valence-corrected chi connectivity index (χ4v) is 2.21. The van der Waals surface area contributed by atoms with Crippen molar-refractivity contribution >= 4 is 40.5 Å². The van der Waals surface area contributed by atoms with Crippen LogP contribution in [0.2, 0.25) is 0 Å². The van der Waals surface area contributed by atoms with Crippen LogP contribution < -0.4 is 5.73 Å². The molecule has 0 atom stereocenters. The van der Waals surface area contributed by atoms with Crippen LogP contribution in [0.4, 0.5) is 5.82 Å². The molecule has 2 rings (SSSR count). The van der Waals surface area contributed by atoms with E-state index in [1.54, 1.807) is 4.68 Å². The minimum absolute atomic E-state index is 0.0999. The van der Waals surface area contributed by atoms with Crippen LogP contribution in [0.3, 0.4) is 0 Å². The number of halogens is 1. The van der Waals surface area contributed by atoms with Gasteiger partial charge in [-0.05, 0) is 35.4 Å². The van der Waals surface area contributed by atoms with E-state index in [0.29, 0.717) is 0 Å². The summed E-state index contributed by atoms with van der Waals surface area (Å²) in [4.78, 5) is 15.0. The number of fused-ring (bicyclic) bond motifs is 1. The van der Waals surface area contributed by atoms with Crippen molar-refractivity contribution in [1.29, 1.82) is 0 Å². The lowest BCUT2D eigenvalue weighted by atomic mass is 10.1. The Kier molecular flexibility index (Phi) is 2.53. The summed E-state index contributed by atoms with van der Waals surface area (Å²) in [6.45, 7) is 0.0999. The van der Waals surface area contributed by atoms with Crippen LogP contribution in [0.5, 0.6) is 0 Å². The molecule has 1 amide bonds. The number of carbonyl (C=O) groups is 1. The molecule has 1 aliphatic heterocycles. The van der Waals surface area contributed by atoms with E-state index in [9.17, 15) is 4.79 Å². The predicted molar refractivity (Wildman–Crippen MR) is 60.6 cm³/mol. The molecular formula is C8H9IN4O. The third-order valence-corrected chi connectivity index (χ3v) is 2.88. The van der Waals surface area contributed by atoms with Gasteiger partial charge in [0.15, 0.2) is 5.82 Å². The molecule has 0 saturated carbocycles. The average molecular weight is 304 g/mol. The molecule has 2 heterocycles. The first-order valence-electron chi connectivity index (χ1n) is 4.24. The van der Waals surface area contributed by atoms with Crippen LogP contribution in [-0.2, 0) is 17.8 Å². The molecule has 0 aliphatic carbocycles. The molecule has 0 fully saturated rings. The average Bonchev–Trinajstić information content (AvgIpc) is 2.44. The number of nitrogens with two attached hydrogens (primary N) is 1. The Labute approximate surface area is 94.5 Å². The quantitative estimate of drug-likeness (QED) is 0.814. The lowest BCUT2D eigenvalue weighted by molar-refractivity contribution is -0.118. The minimum Gasteiger partial charge on any atom is -0.368 e. The van der Waals surface area contributed by atoms with Gasteiger partial charge in [-0.25, -0.2) is 9.67 Å². The van der Waals surface area contributed by atoms with Crippen LogP contribution in [-0.4, -0.2) is 21.9 Å². The largest absolute Gasteiger partial charge is 0.368 e. The highest BCUT2D eigenvalue weighted by atomic mass is 127.